The summed E-state index contributed by atoms with van der Waals surface area (Å²) in [5.74, 6) is 0.953. The first-order chi connectivity index (χ1) is 10.8. The van der Waals surface area contributed by atoms with Gasteiger partial charge in [0.1, 0.15) is 18.1 Å². The molecule has 0 aromatic heterocycles. The third-order valence-electron chi connectivity index (χ3n) is 3.56. The first kappa shape index (κ1) is 14.3. The minimum Gasteiger partial charge on any atom is -0.489 e. The minimum absolute atomic E-state index is 0.148. The molecule has 1 aliphatic rings. The summed E-state index contributed by atoms with van der Waals surface area (Å²) in [6.45, 7) is 0.546. The molecule has 0 saturated heterocycles. The highest BCUT2D eigenvalue weighted by molar-refractivity contribution is 6.41. The van der Waals surface area contributed by atoms with Crippen LogP contribution >= 0.6 is 0 Å². The lowest BCUT2D eigenvalue weighted by Crippen LogP contribution is -2.07. The fourth-order valence-electron chi connectivity index (χ4n) is 2.32. The van der Waals surface area contributed by atoms with E-state index in [2.05, 4.69) is 10.5 Å². The Bertz CT molecular complexity index is 663. The third-order valence-corrected chi connectivity index (χ3v) is 3.56. The predicted molar refractivity (Wildman–Crippen MR) is 87.1 cm³/mol. The Balaban J connectivity index is 1.55. The highest BCUT2D eigenvalue weighted by atomic mass is 16.5. The van der Waals surface area contributed by atoms with E-state index >= 15 is 0 Å². The molecule has 4 heteroatoms. The van der Waals surface area contributed by atoms with E-state index in [1.807, 2.05) is 54.6 Å². The third kappa shape index (κ3) is 3.73. The number of anilines is 1. The van der Waals surface area contributed by atoms with Gasteiger partial charge in [-0.1, -0.05) is 30.3 Å². The summed E-state index contributed by atoms with van der Waals surface area (Å²) in [4.78, 5) is 11.5. The number of nitrogens with one attached hydrogen (secondary N) is 1. The van der Waals surface area contributed by atoms with Crippen molar-refractivity contribution in [1.82, 2.24) is 0 Å². The Hall–Kier alpha value is -2.62. The van der Waals surface area contributed by atoms with Gasteiger partial charge in [-0.05, 0) is 42.7 Å². The van der Waals surface area contributed by atoms with Crippen LogP contribution in [0.25, 0.3) is 0 Å². The topological polar surface area (TPSA) is 50.7 Å². The first-order valence-corrected chi connectivity index (χ1v) is 7.44. The molecule has 3 rings (SSSR count). The molecule has 0 heterocycles. The minimum atomic E-state index is 0.148. The maximum atomic E-state index is 11.5. The summed E-state index contributed by atoms with van der Waals surface area (Å²) in [5, 5.41) is 4.17. The fraction of sp³-hybridized carbons (Fsp3) is 0.222. The molecular weight excluding hydrogens is 276 g/mol. The highest BCUT2D eigenvalue weighted by Crippen LogP contribution is 2.18. The second-order valence-corrected chi connectivity index (χ2v) is 5.25. The average Bonchev–Trinajstić information content (AvgIpc) is 2.98. The van der Waals surface area contributed by atoms with E-state index in [1.54, 1.807) is 0 Å². The standard InChI is InChI=1S/C18H18N2O2/c21-18-8-4-7-17(18)20-19-15-9-11-16(12-10-15)22-13-14-5-2-1-3-6-14/h1-3,5-6,9-12,19H,4,7-8,13H2/b20-17+. The Kier molecular flexibility index (Phi) is 4.49. The number of carbonyl (C=O) groups is 1. The molecule has 0 spiro atoms. The van der Waals surface area contributed by atoms with Crippen molar-refractivity contribution in [1.29, 1.82) is 0 Å². The Morgan fingerprint density at radius 1 is 1.00 bits per heavy atom. The van der Waals surface area contributed by atoms with Crippen LogP contribution in [0, 0.1) is 0 Å². The first-order valence-electron chi connectivity index (χ1n) is 7.44. The second kappa shape index (κ2) is 6.89. The Labute approximate surface area is 129 Å². The summed E-state index contributed by atoms with van der Waals surface area (Å²) >= 11 is 0. The SMILES string of the molecule is O=C1CCC/C1=N\Nc1ccc(OCc2ccccc2)cc1. The molecule has 2 aromatic rings. The molecule has 1 saturated carbocycles. The zero-order valence-corrected chi connectivity index (χ0v) is 12.3. The number of hydrogen-bond donors (Lipinski definition) is 1. The maximum absolute atomic E-state index is 11.5. The van der Waals surface area contributed by atoms with Gasteiger partial charge in [-0.15, -0.1) is 0 Å². The van der Waals surface area contributed by atoms with Crippen LogP contribution in [0.15, 0.2) is 59.7 Å². The number of carbonyl (C=O) groups excluding carboxylic acids is 1. The molecule has 4 nitrogen and oxygen atoms in total. The van der Waals surface area contributed by atoms with Crippen molar-refractivity contribution in [2.75, 3.05) is 5.43 Å². The average molecular weight is 294 g/mol. The number of benzene rings is 2. The molecular formula is C18H18N2O2. The van der Waals surface area contributed by atoms with E-state index in [1.165, 1.54) is 0 Å². The van der Waals surface area contributed by atoms with Gasteiger partial charge in [0.15, 0.2) is 5.78 Å². The van der Waals surface area contributed by atoms with Gasteiger partial charge in [0.2, 0.25) is 0 Å². The van der Waals surface area contributed by atoms with Crippen molar-refractivity contribution in [3.05, 3.63) is 60.2 Å². The molecule has 1 N–H and O–H groups in total. The van der Waals surface area contributed by atoms with Crippen molar-refractivity contribution >= 4 is 17.2 Å². The highest BCUT2D eigenvalue weighted by Gasteiger charge is 2.18. The van der Waals surface area contributed by atoms with E-state index < -0.39 is 0 Å². The van der Waals surface area contributed by atoms with Gasteiger partial charge in [0.25, 0.3) is 0 Å². The van der Waals surface area contributed by atoms with Crippen molar-refractivity contribution in [2.45, 2.75) is 25.9 Å². The molecule has 0 aliphatic heterocycles. The van der Waals surface area contributed by atoms with Crippen LogP contribution in [0.1, 0.15) is 24.8 Å². The molecule has 22 heavy (non-hydrogen) atoms. The number of ether oxygens (including phenoxy) is 1. The molecule has 112 valence electrons. The summed E-state index contributed by atoms with van der Waals surface area (Å²) in [6, 6.07) is 17.6. The molecule has 0 radical (unpaired) electrons. The van der Waals surface area contributed by atoms with Crippen molar-refractivity contribution in [3.63, 3.8) is 0 Å². The van der Waals surface area contributed by atoms with E-state index in [9.17, 15) is 4.79 Å². The molecule has 1 fully saturated rings. The number of Topliss-reactive ketones (excluding diaryl/α,β-unsaturated/α-hetero) is 1. The van der Waals surface area contributed by atoms with Gasteiger partial charge in [0, 0.05) is 6.42 Å². The van der Waals surface area contributed by atoms with Crippen LogP contribution in [-0.4, -0.2) is 11.5 Å². The monoisotopic (exact) mass is 294 g/mol. The van der Waals surface area contributed by atoms with Gasteiger partial charge < -0.3 is 4.74 Å². The molecule has 0 amide bonds. The summed E-state index contributed by atoms with van der Waals surface area (Å²) < 4.78 is 5.72. The molecule has 2 aromatic carbocycles. The smallest absolute Gasteiger partial charge is 0.178 e. The van der Waals surface area contributed by atoms with Gasteiger partial charge in [-0.25, -0.2) is 0 Å². The normalized spacial score (nSPS) is 16.0. The molecule has 1 aliphatic carbocycles. The zero-order valence-electron chi connectivity index (χ0n) is 12.3. The number of rotatable bonds is 5. The van der Waals surface area contributed by atoms with Crippen LogP contribution in [0.3, 0.4) is 0 Å². The zero-order chi connectivity index (χ0) is 15.2. The van der Waals surface area contributed by atoms with Crippen LogP contribution in [0.2, 0.25) is 0 Å². The Morgan fingerprint density at radius 2 is 1.77 bits per heavy atom. The van der Waals surface area contributed by atoms with Crippen molar-refractivity contribution in [3.8, 4) is 5.75 Å². The van der Waals surface area contributed by atoms with E-state index in [4.69, 9.17) is 4.74 Å². The van der Waals surface area contributed by atoms with E-state index in [0.717, 1.165) is 29.8 Å². The lowest BCUT2D eigenvalue weighted by Gasteiger charge is -2.07. The van der Waals surface area contributed by atoms with Crippen LogP contribution < -0.4 is 10.2 Å². The summed E-state index contributed by atoms with van der Waals surface area (Å²) in [5.41, 5.74) is 5.55. The summed E-state index contributed by atoms with van der Waals surface area (Å²) in [7, 11) is 0. The van der Waals surface area contributed by atoms with E-state index in [0.29, 0.717) is 18.7 Å². The summed E-state index contributed by atoms with van der Waals surface area (Å²) in [6.07, 6.45) is 2.29. The van der Waals surface area contributed by atoms with Gasteiger partial charge in [-0.3, -0.25) is 10.2 Å². The molecule has 0 bridgehead atoms. The number of nitrogens with zero attached hydrogens (tertiary/aromatic N) is 1. The quantitative estimate of drug-likeness (QED) is 0.854. The predicted octanol–water partition coefficient (Wildman–Crippen LogP) is 3.79. The lowest BCUT2D eigenvalue weighted by molar-refractivity contribution is -0.112. The molecule has 0 unspecified atom stereocenters. The fourth-order valence-corrected chi connectivity index (χ4v) is 2.32. The molecule has 0 atom stereocenters. The van der Waals surface area contributed by atoms with E-state index in [-0.39, 0.29) is 5.78 Å². The largest absolute Gasteiger partial charge is 0.489 e. The maximum Gasteiger partial charge on any atom is 0.178 e. The van der Waals surface area contributed by atoms with Crippen molar-refractivity contribution in [2.24, 2.45) is 5.10 Å². The second-order valence-electron chi connectivity index (χ2n) is 5.25. The van der Waals surface area contributed by atoms with Gasteiger partial charge in [0.05, 0.1) is 5.69 Å². The van der Waals surface area contributed by atoms with Crippen LogP contribution in [0.4, 0.5) is 5.69 Å². The number of hydrogen-bond acceptors (Lipinski definition) is 4. The number of hydrazone groups is 1. The van der Waals surface area contributed by atoms with Gasteiger partial charge >= 0.3 is 0 Å². The number of ketones is 1. The van der Waals surface area contributed by atoms with Gasteiger partial charge in [-0.2, -0.15) is 5.10 Å². The van der Waals surface area contributed by atoms with Crippen LogP contribution in [0.5, 0.6) is 5.75 Å². The lowest BCUT2D eigenvalue weighted by atomic mass is 10.2. The van der Waals surface area contributed by atoms with Crippen LogP contribution in [-0.2, 0) is 11.4 Å². The van der Waals surface area contributed by atoms with Crippen molar-refractivity contribution < 1.29 is 9.53 Å². The Morgan fingerprint density at radius 3 is 2.45 bits per heavy atom.